The lowest BCUT2D eigenvalue weighted by Gasteiger charge is -2.42. The van der Waals surface area contributed by atoms with E-state index in [1.165, 1.54) is 6.20 Å². The molecular formula is C24H34N4O2. The lowest BCUT2D eigenvalue weighted by molar-refractivity contribution is -0.101. The van der Waals surface area contributed by atoms with Gasteiger partial charge in [0.05, 0.1) is 24.1 Å². The predicted molar refractivity (Wildman–Crippen MR) is 120 cm³/mol. The molecule has 1 aromatic carbocycles. The van der Waals surface area contributed by atoms with Crippen LogP contribution in [0.1, 0.15) is 68.4 Å². The molecule has 1 aliphatic rings. The Bertz CT molecular complexity index is 833. The van der Waals surface area contributed by atoms with Crippen LogP contribution in [-0.4, -0.2) is 46.0 Å². The maximum Gasteiger partial charge on any atom is 0.275 e. The third-order valence-corrected chi connectivity index (χ3v) is 5.97. The van der Waals surface area contributed by atoms with Crippen molar-refractivity contribution in [2.75, 3.05) is 18.4 Å². The summed E-state index contributed by atoms with van der Waals surface area (Å²) in [7, 11) is 0. The van der Waals surface area contributed by atoms with E-state index >= 15 is 0 Å². The van der Waals surface area contributed by atoms with E-state index in [0.717, 1.165) is 42.9 Å². The molecule has 0 unspecified atom stereocenters. The van der Waals surface area contributed by atoms with Crippen LogP contribution in [0.25, 0.3) is 0 Å². The van der Waals surface area contributed by atoms with E-state index in [2.05, 4.69) is 53.9 Å². The highest BCUT2D eigenvalue weighted by molar-refractivity contribution is 6.03. The molecule has 0 saturated carbocycles. The van der Waals surface area contributed by atoms with Crippen molar-refractivity contribution in [2.45, 2.75) is 65.7 Å². The van der Waals surface area contributed by atoms with Gasteiger partial charge in [-0.05, 0) is 44.8 Å². The topological polar surface area (TPSA) is 67.4 Å². The lowest BCUT2D eigenvalue weighted by Crippen LogP contribution is -2.44. The van der Waals surface area contributed by atoms with Crippen LogP contribution < -0.4 is 5.32 Å². The zero-order valence-electron chi connectivity index (χ0n) is 18.8. The second kappa shape index (κ2) is 10.1. The molecular weight excluding hydrogens is 376 g/mol. The van der Waals surface area contributed by atoms with Crippen molar-refractivity contribution in [2.24, 2.45) is 5.92 Å². The Hall–Kier alpha value is -2.31. The second-order valence-corrected chi connectivity index (χ2v) is 8.34. The number of para-hydroxylation sites is 1. The highest BCUT2D eigenvalue weighted by Gasteiger charge is 2.35. The summed E-state index contributed by atoms with van der Waals surface area (Å²) in [4.78, 5) is 23.6. The Kier molecular flexibility index (Phi) is 7.56. The number of carbonyl (C=O) groups excluding carboxylic acids is 1. The third kappa shape index (κ3) is 5.24. The van der Waals surface area contributed by atoms with Gasteiger partial charge in [-0.25, -0.2) is 4.98 Å². The lowest BCUT2D eigenvalue weighted by atomic mass is 9.88. The van der Waals surface area contributed by atoms with Crippen LogP contribution in [0.3, 0.4) is 0 Å². The molecule has 162 valence electrons. The van der Waals surface area contributed by atoms with Gasteiger partial charge >= 0.3 is 0 Å². The van der Waals surface area contributed by atoms with Gasteiger partial charge in [0.25, 0.3) is 5.91 Å². The maximum atomic E-state index is 12.7. The Balaban J connectivity index is 1.85. The number of nitrogens with zero attached hydrogens (tertiary/aromatic N) is 3. The summed E-state index contributed by atoms with van der Waals surface area (Å²) >= 11 is 0. The monoisotopic (exact) mass is 410 g/mol. The van der Waals surface area contributed by atoms with Crippen LogP contribution in [0.4, 0.5) is 5.69 Å². The molecule has 6 heteroatoms. The van der Waals surface area contributed by atoms with Gasteiger partial charge in [0.1, 0.15) is 5.69 Å². The van der Waals surface area contributed by atoms with Gasteiger partial charge in [-0.1, -0.05) is 45.9 Å². The Morgan fingerprint density at radius 1 is 1.17 bits per heavy atom. The number of amides is 1. The number of carbonyl (C=O) groups is 1. The fraction of sp³-hybridized carbons (Fsp3) is 0.542. The fourth-order valence-electron chi connectivity index (χ4n) is 4.19. The van der Waals surface area contributed by atoms with Crippen LogP contribution in [0.15, 0.2) is 36.7 Å². The number of nitrogens with one attached hydrogen (secondary N) is 1. The first-order valence-corrected chi connectivity index (χ1v) is 11.0. The summed E-state index contributed by atoms with van der Waals surface area (Å²) in [5.74, 6) is 0.182. The van der Waals surface area contributed by atoms with Crippen molar-refractivity contribution in [3.05, 3.63) is 53.6 Å². The van der Waals surface area contributed by atoms with Crippen molar-refractivity contribution >= 4 is 11.6 Å². The Labute approximate surface area is 180 Å². The quantitative estimate of drug-likeness (QED) is 0.721. The molecule has 2 aromatic rings. The SMILES string of the molecule is CCN(CC)[C@H]1C[C@@H](c2ccccc2NC(=O)c2cnc(C)cn2)O[C@@H](C(C)C)C1. The number of aromatic nitrogens is 2. The van der Waals surface area contributed by atoms with E-state index in [0.29, 0.717) is 17.7 Å². The molecule has 0 bridgehead atoms. The fourth-order valence-corrected chi connectivity index (χ4v) is 4.19. The molecule has 1 aromatic heterocycles. The van der Waals surface area contributed by atoms with Gasteiger partial charge in [-0.3, -0.25) is 9.78 Å². The molecule has 3 rings (SSSR count). The summed E-state index contributed by atoms with van der Waals surface area (Å²) in [6.45, 7) is 12.8. The molecule has 0 radical (unpaired) electrons. The summed E-state index contributed by atoms with van der Waals surface area (Å²) in [5, 5.41) is 3.02. The standard InChI is InChI=1S/C24H34N4O2/c1-6-28(7-2)18-12-22(16(3)4)30-23(13-18)19-10-8-9-11-20(19)27-24(29)21-15-25-17(5)14-26-21/h8-11,14-16,18,22-23H,6-7,12-13H2,1-5H3,(H,27,29)/t18-,22-,23+/m1/s1. The first-order chi connectivity index (χ1) is 14.4. The number of rotatable bonds is 7. The van der Waals surface area contributed by atoms with Crippen molar-refractivity contribution in [1.82, 2.24) is 14.9 Å². The van der Waals surface area contributed by atoms with Crippen molar-refractivity contribution < 1.29 is 9.53 Å². The van der Waals surface area contributed by atoms with Gasteiger partial charge in [-0.15, -0.1) is 0 Å². The third-order valence-electron chi connectivity index (χ3n) is 5.97. The Morgan fingerprint density at radius 3 is 2.53 bits per heavy atom. The zero-order valence-corrected chi connectivity index (χ0v) is 18.8. The zero-order chi connectivity index (χ0) is 21.7. The van der Waals surface area contributed by atoms with Gasteiger partial charge in [0, 0.05) is 23.5 Å². The average Bonchev–Trinajstić information content (AvgIpc) is 2.75. The van der Waals surface area contributed by atoms with Crippen molar-refractivity contribution in [3.8, 4) is 0 Å². The second-order valence-electron chi connectivity index (χ2n) is 8.34. The molecule has 1 aliphatic heterocycles. The van der Waals surface area contributed by atoms with E-state index in [1.54, 1.807) is 6.20 Å². The first kappa shape index (κ1) is 22.4. The number of aryl methyl sites for hydroxylation is 1. The molecule has 0 aliphatic carbocycles. The van der Waals surface area contributed by atoms with E-state index in [9.17, 15) is 4.79 Å². The van der Waals surface area contributed by atoms with E-state index in [-0.39, 0.29) is 18.1 Å². The van der Waals surface area contributed by atoms with Gasteiger partial charge in [0.15, 0.2) is 0 Å². The number of ether oxygens (including phenoxy) is 1. The van der Waals surface area contributed by atoms with Gasteiger partial charge in [0.2, 0.25) is 0 Å². The van der Waals surface area contributed by atoms with Crippen LogP contribution in [-0.2, 0) is 4.74 Å². The molecule has 0 spiro atoms. The predicted octanol–water partition coefficient (Wildman–Crippen LogP) is 4.62. The normalized spacial score (nSPS) is 21.8. The summed E-state index contributed by atoms with van der Waals surface area (Å²) in [6, 6.07) is 8.40. The van der Waals surface area contributed by atoms with Crippen LogP contribution in [0, 0.1) is 12.8 Å². The van der Waals surface area contributed by atoms with Crippen molar-refractivity contribution in [1.29, 1.82) is 0 Å². The summed E-state index contributed by atoms with van der Waals surface area (Å²) < 4.78 is 6.54. The smallest absolute Gasteiger partial charge is 0.275 e. The molecule has 3 atom stereocenters. The highest BCUT2D eigenvalue weighted by atomic mass is 16.5. The van der Waals surface area contributed by atoms with Crippen LogP contribution in [0.5, 0.6) is 0 Å². The van der Waals surface area contributed by atoms with E-state index in [4.69, 9.17) is 4.74 Å². The van der Waals surface area contributed by atoms with Crippen LogP contribution in [0.2, 0.25) is 0 Å². The molecule has 1 N–H and O–H groups in total. The minimum atomic E-state index is -0.258. The molecule has 1 fully saturated rings. The summed E-state index contributed by atoms with van der Waals surface area (Å²) in [6.07, 6.45) is 5.21. The minimum absolute atomic E-state index is 0.0580. The van der Waals surface area contributed by atoms with Crippen LogP contribution >= 0.6 is 0 Å². The maximum absolute atomic E-state index is 12.7. The van der Waals surface area contributed by atoms with E-state index < -0.39 is 0 Å². The number of benzene rings is 1. The molecule has 1 saturated heterocycles. The number of anilines is 1. The minimum Gasteiger partial charge on any atom is -0.370 e. The average molecular weight is 411 g/mol. The first-order valence-electron chi connectivity index (χ1n) is 11.0. The molecule has 6 nitrogen and oxygen atoms in total. The van der Waals surface area contributed by atoms with Gasteiger partial charge in [-0.2, -0.15) is 0 Å². The number of hydrogen-bond donors (Lipinski definition) is 1. The van der Waals surface area contributed by atoms with Crippen molar-refractivity contribution in [3.63, 3.8) is 0 Å². The highest BCUT2D eigenvalue weighted by Crippen LogP contribution is 2.39. The number of hydrogen-bond acceptors (Lipinski definition) is 5. The molecule has 30 heavy (non-hydrogen) atoms. The van der Waals surface area contributed by atoms with E-state index in [1.807, 2.05) is 25.1 Å². The largest absolute Gasteiger partial charge is 0.370 e. The van der Waals surface area contributed by atoms with Gasteiger partial charge < -0.3 is 15.0 Å². The molecule has 1 amide bonds. The summed E-state index contributed by atoms with van der Waals surface area (Å²) in [5.41, 5.74) is 2.89. The molecule has 2 heterocycles. The Morgan fingerprint density at radius 2 is 1.90 bits per heavy atom.